The molecular weight excluding hydrogens is 444 g/mol. The van der Waals surface area contributed by atoms with Crippen LogP contribution in [0.3, 0.4) is 0 Å². The minimum absolute atomic E-state index is 0.0802. The van der Waals surface area contributed by atoms with Gasteiger partial charge in [0.2, 0.25) is 0 Å². The number of ether oxygens (including phenoxy) is 4. The maximum atomic E-state index is 13.2. The summed E-state index contributed by atoms with van der Waals surface area (Å²) >= 11 is 0. The van der Waals surface area contributed by atoms with Crippen LogP contribution in [0.15, 0.2) is 42.5 Å². The lowest BCUT2D eigenvalue weighted by Gasteiger charge is -2.38. The summed E-state index contributed by atoms with van der Waals surface area (Å²) in [5.74, 6) is 2.69. The largest absolute Gasteiger partial charge is 0.493 e. The third kappa shape index (κ3) is 6.27. The Balaban J connectivity index is 1.53. The van der Waals surface area contributed by atoms with E-state index in [1.807, 2.05) is 41.3 Å². The number of hydrogen-bond acceptors (Lipinski definition) is 6. The van der Waals surface area contributed by atoms with Crippen molar-refractivity contribution in [1.82, 2.24) is 9.80 Å². The van der Waals surface area contributed by atoms with Gasteiger partial charge in [0, 0.05) is 50.3 Å². The molecule has 7 heteroatoms. The van der Waals surface area contributed by atoms with E-state index >= 15 is 0 Å². The molecule has 4 bridgehead atoms. The number of para-hydroxylation sites is 1. The molecule has 2 heterocycles. The zero-order chi connectivity index (χ0) is 24.6. The minimum Gasteiger partial charge on any atom is -0.493 e. The Labute approximate surface area is 208 Å². The van der Waals surface area contributed by atoms with E-state index < -0.39 is 0 Å². The van der Waals surface area contributed by atoms with Gasteiger partial charge in [-0.1, -0.05) is 24.6 Å². The number of methoxy groups -OCH3 is 3. The van der Waals surface area contributed by atoms with E-state index in [1.54, 1.807) is 21.3 Å². The van der Waals surface area contributed by atoms with E-state index in [1.165, 1.54) is 0 Å². The maximum absolute atomic E-state index is 13.2. The third-order valence-electron chi connectivity index (χ3n) is 7.19. The van der Waals surface area contributed by atoms with Crippen LogP contribution in [0.1, 0.15) is 41.6 Å². The molecule has 2 aromatic rings. The van der Waals surface area contributed by atoms with Crippen molar-refractivity contribution in [3.63, 3.8) is 0 Å². The summed E-state index contributed by atoms with van der Waals surface area (Å²) in [5.41, 5.74) is 1.78. The van der Waals surface area contributed by atoms with Crippen molar-refractivity contribution in [2.45, 2.75) is 38.3 Å². The van der Waals surface area contributed by atoms with Crippen LogP contribution in [0.2, 0.25) is 0 Å². The van der Waals surface area contributed by atoms with Crippen molar-refractivity contribution >= 4 is 5.91 Å². The highest BCUT2D eigenvalue weighted by Crippen LogP contribution is 2.32. The van der Waals surface area contributed by atoms with Crippen molar-refractivity contribution in [2.24, 2.45) is 5.92 Å². The average molecular weight is 483 g/mol. The predicted octanol–water partition coefficient (Wildman–Crippen LogP) is 4.25. The molecule has 0 radical (unpaired) electrons. The van der Waals surface area contributed by atoms with E-state index in [0.717, 1.165) is 81.2 Å². The summed E-state index contributed by atoms with van der Waals surface area (Å²) in [5, 5.41) is 0. The Morgan fingerprint density at radius 3 is 2.63 bits per heavy atom. The molecule has 4 rings (SSSR count). The van der Waals surface area contributed by atoms with Crippen LogP contribution in [-0.4, -0.2) is 75.9 Å². The van der Waals surface area contributed by atoms with Crippen molar-refractivity contribution in [3.8, 4) is 17.2 Å². The molecule has 7 nitrogen and oxygen atoms in total. The highest BCUT2D eigenvalue weighted by Gasteiger charge is 2.31. The predicted molar refractivity (Wildman–Crippen MR) is 135 cm³/mol. The molecule has 2 aromatic carbocycles. The fourth-order valence-electron chi connectivity index (χ4n) is 5.31. The zero-order valence-corrected chi connectivity index (χ0v) is 21.2. The molecule has 2 atom stereocenters. The number of carbonyl (C=O) groups excluding carboxylic acids is 1. The van der Waals surface area contributed by atoms with E-state index in [0.29, 0.717) is 18.1 Å². The van der Waals surface area contributed by atoms with E-state index in [2.05, 4.69) is 11.0 Å². The molecule has 190 valence electrons. The maximum Gasteiger partial charge on any atom is 0.254 e. The Hall–Kier alpha value is -2.77. The van der Waals surface area contributed by atoms with Gasteiger partial charge in [-0.15, -0.1) is 0 Å². The first-order valence-electron chi connectivity index (χ1n) is 12.6. The number of benzene rings is 2. The number of rotatable bonds is 5. The number of carbonyl (C=O) groups is 1. The molecule has 1 amide bonds. The fourth-order valence-corrected chi connectivity index (χ4v) is 5.31. The Bertz CT molecular complexity index is 982. The first kappa shape index (κ1) is 25.3. The van der Waals surface area contributed by atoms with Gasteiger partial charge in [-0.3, -0.25) is 9.69 Å². The summed E-state index contributed by atoms with van der Waals surface area (Å²) in [6.07, 6.45) is 4.30. The lowest BCUT2D eigenvalue weighted by Crippen LogP contribution is -2.46. The smallest absolute Gasteiger partial charge is 0.254 e. The SMILES string of the molecule is COc1cccc(CN2CCCC[C@H]3CN(CC[C@H]3OC)C(=O)c3cccc(c3)OCC2)c1OC. The van der Waals surface area contributed by atoms with Gasteiger partial charge < -0.3 is 23.8 Å². The second-order valence-electron chi connectivity index (χ2n) is 9.37. The molecule has 1 fully saturated rings. The van der Waals surface area contributed by atoms with Gasteiger partial charge in [0.05, 0.1) is 20.3 Å². The first-order chi connectivity index (χ1) is 17.1. The Morgan fingerprint density at radius 1 is 0.971 bits per heavy atom. The van der Waals surface area contributed by atoms with Crippen molar-refractivity contribution in [1.29, 1.82) is 0 Å². The van der Waals surface area contributed by atoms with E-state index in [4.69, 9.17) is 18.9 Å². The van der Waals surface area contributed by atoms with Crippen LogP contribution in [0, 0.1) is 5.92 Å². The fraction of sp³-hybridized carbons (Fsp3) is 0.536. The van der Waals surface area contributed by atoms with Gasteiger partial charge in [-0.05, 0) is 50.1 Å². The molecule has 0 saturated carbocycles. The summed E-state index contributed by atoms with van der Waals surface area (Å²) in [4.78, 5) is 17.6. The number of fused-ring (bicyclic) bond motifs is 4. The normalized spacial score (nSPS) is 22.0. The molecule has 0 N–H and O–H groups in total. The van der Waals surface area contributed by atoms with Gasteiger partial charge in [-0.25, -0.2) is 0 Å². The monoisotopic (exact) mass is 482 g/mol. The average Bonchev–Trinajstić information content (AvgIpc) is 2.90. The quantitative estimate of drug-likeness (QED) is 0.635. The molecule has 2 aliphatic rings. The minimum atomic E-state index is 0.0802. The molecular formula is C28H38N2O5. The highest BCUT2D eigenvalue weighted by molar-refractivity contribution is 5.94. The first-order valence-corrected chi connectivity index (χ1v) is 12.6. The van der Waals surface area contributed by atoms with E-state index in [9.17, 15) is 4.79 Å². The number of amides is 1. The molecule has 2 aliphatic heterocycles. The van der Waals surface area contributed by atoms with Crippen LogP contribution >= 0.6 is 0 Å². The van der Waals surface area contributed by atoms with Crippen molar-refractivity contribution in [3.05, 3.63) is 53.6 Å². The van der Waals surface area contributed by atoms with Crippen LogP contribution in [0.5, 0.6) is 17.2 Å². The van der Waals surface area contributed by atoms with Crippen LogP contribution in [-0.2, 0) is 11.3 Å². The van der Waals surface area contributed by atoms with Crippen LogP contribution in [0.4, 0.5) is 0 Å². The van der Waals surface area contributed by atoms with Crippen LogP contribution < -0.4 is 14.2 Å². The molecule has 0 unspecified atom stereocenters. The van der Waals surface area contributed by atoms with Gasteiger partial charge >= 0.3 is 0 Å². The molecule has 1 saturated heterocycles. The summed E-state index contributed by atoms with van der Waals surface area (Å²) in [7, 11) is 5.14. The second-order valence-corrected chi connectivity index (χ2v) is 9.37. The molecule has 35 heavy (non-hydrogen) atoms. The number of hydrogen-bond donors (Lipinski definition) is 0. The number of nitrogens with zero attached hydrogens (tertiary/aromatic N) is 2. The lowest BCUT2D eigenvalue weighted by molar-refractivity contribution is -0.00677. The summed E-state index contributed by atoms with van der Waals surface area (Å²) in [6.45, 7) is 4.50. The van der Waals surface area contributed by atoms with E-state index in [-0.39, 0.29) is 12.0 Å². The Kier molecular flexibility index (Phi) is 8.88. The van der Waals surface area contributed by atoms with Crippen LogP contribution in [0.25, 0.3) is 0 Å². The third-order valence-corrected chi connectivity index (χ3v) is 7.19. The molecule has 0 aromatic heterocycles. The number of piperidine rings is 1. The van der Waals surface area contributed by atoms with Gasteiger partial charge in [0.1, 0.15) is 12.4 Å². The molecule has 0 aliphatic carbocycles. The summed E-state index contributed by atoms with van der Waals surface area (Å²) in [6, 6.07) is 13.6. The van der Waals surface area contributed by atoms with Gasteiger partial charge in [0.15, 0.2) is 11.5 Å². The molecule has 0 spiro atoms. The second kappa shape index (κ2) is 12.3. The zero-order valence-electron chi connectivity index (χ0n) is 21.2. The topological polar surface area (TPSA) is 60.5 Å². The highest BCUT2D eigenvalue weighted by atomic mass is 16.5. The Morgan fingerprint density at radius 2 is 1.83 bits per heavy atom. The lowest BCUT2D eigenvalue weighted by atomic mass is 9.89. The van der Waals surface area contributed by atoms with Gasteiger partial charge in [0.25, 0.3) is 5.91 Å². The van der Waals surface area contributed by atoms with Gasteiger partial charge in [-0.2, -0.15) is 0 Å². The van der Waals surface area contributed by atoms with Crippen molar-refractivity contribution < 1.29 is 23.7 Å². The van der Waals surface area contributed by atoms with Crippen molar-refractivity contribution in [2.75, 3.05) is 54.1 Å². The standard InChI is InChI=1S/C28H38N2O5/c1-32-25-13-15-30-20-22(25)8-4-5-14-29(19-23-10-7-12-26(33-2)27(23)34-3)16-17-35-24-11-6-9-21(18-24)28(30)31/h6-7,9-12,18,22,25H,4-5,8,13-17,19-20H2,1-3H3/t22-,25+/m0/s1. The summed E-state index contributed by atoms with van der Waals surface area (Å²) < 4.78 is 23.1.